The molecule has 0 aliphatic heterocycles. The molecule has 0 radical (unpaired) electrons. The Hall–Kier alpha value is -3.49. The lowest BCUT2D eigenvalue weighted by molar-refractivity contribution is 0.0604. The lowest BCUT2D eigenvalue weighted by atomic mass is 9.96. The van der Waals surface area contributed by atoms with Crippen molar-refractivity contribution in [3.63, 3.8) is 0 Å². The van der Waals surface area contributed by atoms with Gasteiger partial charge in [0.05, 0.1) is 34.4 Å². The van der Waals surface area contributed by atoms with Gasteiger partial charge < -0.3 is 10.6 Å². The predicted molar refractivity (Wildman–Crippen MR) is 148 cm³/mol. The number of carbonyl (C=O) groups excluding carboxylic acids is 1. The summed E-state index contributed by atoms with van der Waals surface area (Å²) in [5.41, 5.74) is 8.69. The molecule has 7 nitrogen and oxygen atoms in total. The normalized spacial score (nSPS) is 12.3. The highest BCUT2D eigenvalue weighted by atomic mass is 35.5. The number of carbonyl (C=O) groups is 1. The summed E-state index contributed by atoms with van der Waals surface area (Å²) >= 11 is 6.56. The molecule has 2 aromatic heterocycles. The molecule has 1 atom stereocenters. The molecule has 2 heterocycles. The number of amides is 1. The second-order valence-corrected chi connectivity index (χ2v) is 10.3. The van der Waals surface area contributed by atoms with Crippen molar-refractivity contribution in [1.82, 2.24) is 19.1 Å². The van der Waals surface area contributed by atoms with Crippen LogP contribution >= 0.6 is 11.6 Å². The number of rotatable bonds is 9. The van der Waals surface area contributed by atoms with Crippen LogP contribution in [-0.4, -0.2) is 38.1 Å². The molecule has 0 aliphatic rings. The number of aromatic nitrogens is 3. The summed E-state index contributed by atoms with van der Waals surface area (Å²) < 4.78 is 17.9. The Labute approximate surface area is 226 Å². The van der Waals surface area contributed by atoms with Crippen molar-refractivity contribution in [1.29, 1.82) is 0 Å². The van der Waals surface area contributed by atoms with Crippen LogP contribution in [0, 0.1) is 25.6 Å². The number of nitrogens with two attached hydrogens (primary N) is 1. The predicted octanol–water partition coefficient (Wildman–Crippen LogP) is 5.14. The Morgan fingerprint density at radius 3 is 2.47 bits per heavy atom. The number of nitrogens with zero attached hydrogens (tertiary/aromatic N) is 4. The lowest BCUT2D eigenvalue weighted by Gasteiger charge is -2.36. The number of hydrogen-bond acceptors (Lipinski definition) is 4. The van der Waals surface area contributed by atoms with E-state index in [9.17, 15) is 14.0 Å². The molecule has 0 aliphatic carbocycles. The molecule has 2 N–H and O–H groups in total. The van der Waals surface area contributed by atoms with Gasteiger partial charge in [-0.3, -0.25) is 9.36 Å². The lowest BCUT2D eigenvalue weighted by Crippen LogP contribution is -2.42. The van der Waals surface area contributed by atoms with Crippen LogP contribution in [0.2, 0.25) is 5.02 Å². The van der Waals surface area contributed by atoms with Crippen LogP contribution in [0.15, 0.2) is 59.4 Å². The van der Waals surface area contributed by atoms with Crippen LogP contribution in [0.3, 0.4) is 0 Å². The maximum atomic E-state index is 15.0. The average Bonchev–Trinajstić information content (AvgIpc) is 3.17. The molecule has 9 heteroatoms. The molecular formula is C29H33ClFN5O2. The second kappa shape index (κ2) is 11.5. The van der Waals surface area contributed by atoms with E-state index in [-0.39, 0.29) is 23.7 Å². The molecule has 0 spiro atoms. The van der Waals surface area contributed by atoms with Gasteiger partial charge in [-0.15, -0.1) is 0 Å². The molecule has 0 unspecified atom stereocenters. The minimum absolute atomic E-state index is 0.0189. The van der Waals surface area contributed by atoms with E-state index < -0.39 is 17.8 Å². The molecule has 200 valence electrons. The molecule has 0 bridgehead atoms. The molecule has 0 saturated carbocycles. The van der Waals surface area contributed by atoms with Gasteiger partial charge >= 0.3 is 5.69 Å². The van der Waals surface area contributed by atoms with Crippen LogP contribution in [0.25, 0.3) is 5.52 Å². The fraction of sp³-hybridized carbons (Fsp3) is 0.345. The Bertz CT molecular complexity index is 1510. The van der Waals surface area contributed by atoms with Crippen molar-refractivity contribution in [3.8, 4) is 0 Å². The van der Waals surface area contributed by atoms with Gasteiger partial charge in [0.1, 0.15) is 5.82 Å². The van der Waals surface area contributed by atoms with Gasteiger partial charge in [0, 0.05) is 12.2 Å². The molecule has 1 amide bonds. The highest BCUT2D eigenvalue weighted by Crippen LogP contribution is 2.33. The number of aryl methyl sites for hydroxylation is 2. The fourth-order valence-electron chi connectivity index (χ4n) is 4.85. The number of fused-ring (bicyclic) bond motifs is 1. The summed E-state index contributed by atoms with van der Waals surface area (Å²) in [5.74, 6) is -1.16. The van der Waals surface area contributed by atoms with E-state index in [1.807, 2.05) is 50.2 Å². The van der Waals surface area contributed by atoms with Crippen LogP contribution in [0.4, 0.5) is 4.39 Å². The third-order valence-corrected chi connectivity index (χ3v) is 7.17. The van der Waals surface area contributed by atoms with Crippen LogP contribution in [0.5, 0.6) is 0 Å². The maximum absolute atomic E-state index is 15.0. The quantitative estimate of drug-likeness (QED) is 0.320. The number of benzene rings is 2. The van der Waals surface area contributed by atoms with Crippen molar-refractivity contribution in [2.45, 2.75) is 46.7 Å². The Morgan fingerprint density at radius 1 is 1.13 bits per heavy atom. The van der Waals surface area contributed by atoms with E-state index in [4.69, 9.17) is 17.3 Å². The second-order valence-electron chi connectivity index (χ2n) is 9.93. The highest BCUT2D eigenvalue weighted by molar-refractivity contribution is 6.34. The SMILES string of the molecule is Cc1ccc(C(=O)N(CCCN)[C@@H](c2cc3c(Cl)c(C)nn3c(=O)n2Cc2ccccc2)C(C)C)c(F)c1. The van der Waals surface area contributed by atoms with Crippen LogP contribution in [-0.2, 0) is 6.54 Å². The smallest absolute Gasteiger partial charge is 0.330 e. The van der Waals surface area contributed by atoms with Gasteiger partial charge in [0.15, 0.2) is 0 Å². The van der Waals surface area contributed by atoms with Crippen molar-refractivity contribution < 1.29 is 9.18 Å². The van der Waals surface area contributed by atoms with Crippen molar-refractivity contribution in [2.75, 3.05) is 13.1 Å². The summed E-state index contributed by atoms with van der Waals surface area (Å²) in [5, 5.41) is 4.74. The average molecular weight is 538 g/mol. The van der Waals surface area contributed by atoms with E-state index in [2.05, 4.69) is 5.10 Å². The summed E-state index contributed by atoms with van der Waals surface area (Å²) in [6.07, 6.45) is 0.514. The Balaban J connectivity index is 1.96. The molecule has 2 aromatic carbocycles. The third kappa shape index (κ3) is 5.37. The fourth-order valence-corrected chi connectivity index (χ4v) is 5.02. The van der Waals surface area contributed by atoms with E-state index in [0.717, 1.165) is 11.1 Å². The Kier molecular flexibility index (Phi) is 8.33. The third-order valence-electron chi connectivity index (χ3n) is 6.70. The van der Waals surface area contributed by atoms with Gasteiger partial charge in [0.2, 0.25) is 0 Å². The zero-order chi connectivity index (χ0) is 27.6. The van der Waals surface area contributed by atoms with E-state index in [0.29, 0.717) is 41.4 Å². The molecule has 4 aromatic rings. The van der Waals surface area contributed by atoms with Gasteiger partial charge in [-0.25, -0.2) is 9.18 Å². The van der Waals surface area contributed by atoms with Crippen LogP contribution in [0.1, 0.15) is 59.2 Å². The van der Waals surface area contributed by atoms with Crippen molar-refractivity contribution >= 4 is 23.0 Å². The first kappa shape index (κ1) is 27.5. The van der Waals surface area contributed by atoms with Crippen molar-refractivity contribution in [3.05, 3.63) is 104 Å². The minimum Gasteiger partial charge on any atom is -0.330 e. The van der Waals surface area contributed by atoms with E-state index in [1.54, 1.807) is 29.4 Å². The molecule has 0 saturated heterocycles. The summed E-state index contributed by atoms with van der Waals surface area (Å²) in [7, 11) is 0. The topological polar surface area (TPSA) is 85.6 Å². The zero-order valence-corrected chi connectivity index (χ0v) is 22.9. The van der Waals surface area contributed by atoms with Gasteiger partial charge in [-0.2, -0.15) is 9.61 Å². The molecule has 0 fully saturated rings. The number of halogens is 2. The zero-order valence-electron chi connectivity index (χ0n) is 22.1. The van der Waals surface area contributed by atoms with E-state index in [1.165, 1.54) is 16.6 Å². The van der Waals surface area contributed by atoms with E-state index >= 15 is 0 Å². The summed E-state index contributed by atoms with van der Waals surface area (Å²) in [6, 6.07) is 15.4. The molecule has 38 heavy (non-hydrogen) atoms. The van der Waals surface area contributed by atoms with Gasteiger partial charge in [-0.05, 0) is 62.1 Å². The molecular weight excluding hydrogens is 505 g/mol. The monoisotopic (exact) mass is 537 g/mol. The first-order valence-corrected chi connectivity index (χ1v) is 13.1. The molecule has 4 rings (SSSR count). The first-order chi connectivity index (χ1) is 18.1. The maximum Gasteiger partial charge on any atom is 0.349 e. The minimum atomic E-state index is -0.582. The largest absolute Gasteiger partial charge is 0.349 e. The Morgan fingerprint density at radius 2 is 1.84 bits per heavy atom. The standard InChI is InChI=1S/C29H33ClFN5O2/c1-18(2)27(34(14-8-13-32)28(37)22-12-11-19(3)15-23(22)31)25-16-24-26(30)20(4)33-36(24)29(38)35(25)17-21-9-6-5-7-10-21/h5-7,9-12,15-16,18,27H,8,13-14,17,32H2,1-4H3/t27-/m1/s1. The van der Waals surface area contributed by atoms with Gasteiger partial charge in [0.25, 0.3) is 5.91 Å². The summed E-state index contributed by atoms with van der Waals surface area (Å²) in [6.45, 7) is 8.38. The van der Waals surface area contributed by atoms with Crippen LogP contribution < -0.4 is 11.4 Å². The summed E-state index contributed by atoms with van der Waals surface area (Å²) in [4.78, 5) is 29.4. The highest BCUT2D eigenvalue weighted by Gasteiger charge is 2.33. The number of hydrogen-bond donors (Lipinski definition) is 1. The van der Waals surface area contributed by atoms with Gasteiger partial charge in [-0.1, -0.05) is 61.8 Å². The first-order valence-electron chi connectivity index (χ1n) is 12.7. The van der Waals surface area contributed by atoms with Crippen molar-refractivity contribution in [2.24, 2.45) is 11.7 Å².